The van der Waals surface area contributed by atoms with Crippen LogP contribution in [0.1, 0.15) is 52.6 Å². The summed E-state index contributed by atoms with van der Waals surface area (Å²) in [5.41, 5.74) is 1.95. The number of hydrogen-bond donors (Lipinski definition) is 2. The van der Waals surface area contributed by atoms with Gasteiger partial charge in [-0.3, -0.25) is 14.4 Å². The Hall–Kier alpha value is -4.38. The molecule has 7 nitrogen and oxygen atoms in total. The lowest BCUT2D eigenvalue weighted by atomic mass is 9.89. The largest absolute Gasteiger partial charge is 0.573 e. The molecule has 2 N–H and O–H groups in total. The van der Waals surface area contributed by atoms with E-state index < -0.39 is 35.7 Å². The lowest BCUT2D eigenvalue weighted by molar-refractivity contribution is -0.275. The van der Waals surface area contributed by atoms with Gasteiger partial charge in [0.25, 0.3) is 5.91 Å². The first-order valence-electron chi connectivity index (χ1n) is 13.4. The lowest BCUT2D eigenvalue weighted by Crippen LogP contribution is -2.26. The number of aromatic nitrogens is 1. The van der Waals surface area contributed by atoms with Gasteiger partial charge in [0.15, 0.2) is 17.3 Å². The predicted octanol–water partition coefficient (Wildman–Crippen LogP) is 7.37. The minimum atomic E-state index is -5.07. The molecule has 1 aromatic heterocycles. The molecule has 0 bridgehead atoms. The minimum Gasteiger partial charge on any atom is -0.481 e. The average Bonchev–Trinajstić information content (AvgIpc) is 3.31. The maximum Gasteiger partial charge on any atom is 0.573 e. The van der Waals surface area contributed by atoms with E-state index in [0.29, 0.717) is 40.8 Å². The lowest BCUT2D eigenvalue weighted by Gasteiger charge is -2.18. The summed E-state index contributed by atoms with van der Waals surface area (Å²) in [6.07, 6.45) is -3.78. The SMILES string of the molecule is CCCC(Cc1ccc(C(=O)NCCC(=O)O)cc1)C(=O)c1cc2cc(Cl)ccc2n1-c1ccc(OC(F)(F)F)c(F)c1. The molecular weight excluding hydrogens is 592 g/mol. The van der Waals surface area contributed by atoms with Gasteiger partial charge >= 0.3 is 12.3 Å². The second-order valence-corrected chi connectivity index (χ2v) is 10.3. The van der Waals surface area contributed by atoms with Crippen LogP contribution in [0.5, 0.6) is 5.75 Å². The molecule has 0 aliphatic rings. The van der Waals surface area contributed by atoms with Gasteiger partial charge in [-0.1, -0.05) is 37.1 Å². The number of rotatable bonds is 12. The van der Waals surface area contributed by atoms with Gasteiger partial charge in [-0.15, -0.1) is 13.2 Å². The van der Waals surface area contributed by atoms with Crippen LogP contribution in [-0.2, 0) is 11.2 Å². The van der Waals surface area contributed by atoms with Gasteiger partial charge in [0.05, 0.1) is 17.6 Å². The first-order valence-corrected chi connectivity index (χ1v) is 13.7. The number of fused-ring (bicyclic) bond motifs is 1. The molecule has 4 rings (SSSR count). The summed E-state index contributed by atoms with van der Waals surface area (Å²) >= 11 is 6.18. The third-order valence-corrected chi connectivity index (χ3v) is 6.98. The summed E-state index contributed by atoms with van der Waals surface area (Å²) in [7, 11) is 0. The van der Waals surface area contributed by atoms with Crippen molar-refractivity contribution >= 4 is 40.2 Å². The first-order chi connectivity index (χ1) is 20.4. The molecule has 226 valence electrons. The van der Waals surface area contributed by atoms with Crippen LogP contribution in [0.3, 0.4) is 0 Å². The van der Waals surface area contributed by atoms with Crippen molar-refractivity contribution in [2.24, 2.45) is 5.92 Å². The highest BCUT2D eigenvalue weighted by atomic mass is 35.5. The second kappa shape index (κ2) is 13.3. The summed E-state index contributed by atoms with van der Waals surface area (Å²) in [5, 5.41) is 12.3. The fourth-order valence-corrected chi connectivity index (χ4v) is 5.01. The molecule has 0 saturated carbocycles. The van der Waals surface area contributed by atoms with Gasteiger partial charge in [0.1, 0.15) is 0 Å². The normalized spacial score (nSPS) is 12.2. The van der Waals surface area contributed by atoms with Crippen LogP contribution in [0, 0.1) is 11.7 Å². The maximum atomic E-state index is 14.7. The Balaban J connectivity index is 1.65. The van der Waals surface area contributed by atoms with Crippen molar-refractivity contribution in [1.82, 2.24) is 9.88 Å². The number of halogens is 5. The van der Waals surface area contributed by atoms with Crippen molar-refractivity contribution < 1.29 is 41.8 Å². The van der Waals surface area contributed by atoms with Crippen molar-refractivity contribution in [1.29, 1.82) is 0 Å². The Morgan fingerprint density at radius 3 is 2.37 bits per heavy atom. The van der Waals surface area contributed by atoms with E-state index in [-0.39, 0.29) is 30.1 Å². The zero-order valence-electron chi connectivity index (χ0n) is 22.9. The number of nitrogens with zero attached hydrogens (tertiary/aromatic N) is 1. The van der Waals surface area contributed by atoms with E-state index in [0.717, 1.165) is 17.7 Å². The summed E-state index contributed by atoms with van der Waals surface area (Å²) < 4.78 is 58.1. The quantitative estimate of drug-likeness (QED) is 0.128. The number of alkyl halides is 3. The molecule has 1 amide bonds. The number of benzene rings is 3. The van der Waals surface area contributed by atoms with E-state index >= 15 is 0 Å². The molecular formula is C31H27ClF4N2O5. The van der Waals surface area contributed by atoms with Crippen LogP contribution in [-0.4, -0.2) is 40.2 Å². The number of ether oxygens (including phenoxy) is 1. The van der Waals surface area contributed by atoms with Crippen molar-refractivity contribution in [3.05, 3.63) is 94.4 Å². The number of carboxylic acids is 1. The fourth-order valence-electron chi connectivity index (χ4n) is 4.83. The molecule has 12 heteroatoms. The van der Waals surface area contributed by atoms with Crippen LogP contribution in [0.15, 0.2) is 66.7 Å². The number of carbonyl (C=O) groups is 3. The summed E-state index contributed by atoms with van der Waals surface area (Å²) in [4.78, 5) is 37.0. The van der Waals surface area contributed by atoms with Gasteiger partial charge in [-0.05, 0) is 66.9 Å². The number of amides is 1. The Morgan fingerprint density at radius 1 is 1.02 bits per heavy atom. The van der Waals surface area contributed by atoms with E-state index in [4.69, 9.17) is 16.7 Å². The topological polar surface area (TPSA) is 97.6 Å². The monoisotopic (exact) mass is 618 g/mol. The number of ketones is 1. The molecule has 3 aromatic carbocycles. The van der Waals surface area contributed by atoms with E-state index in [1.807, 2.05) is 6.92 Å². The maximum absolute atomic E-state index is 14.7. The standard InChI is InChI=1S/C31H27ClF4N2O5/c1-2-3-20(14-18-4-6-19(7-5-18)30(42)37-13-12-28(39)40)29(41)26-16-21-15-22(32)8-10-25(21)38(26)23-9-11-27(24(33)17-23)43-31(34,35)36/h4-11,15-17,20H,2-3,12-14H2,1H3,(H,37,42)(H,39,40). The second-order valence-electron chi connectivity index (χ2n) is 9.88. The minimum absolute atomic E-state index is 0.00974. The number of carboxylic acid groups (broad SMARTS) is 1. The van der Waals surface area contributed by atoms with Crippen molar-refractivity contribution in [2.75, 3.05) is 6.54 Å². The molecule has 1 atom stereocenters. The summed E-state index contributed by atoms with van der Waals surface area (Å²) in [6.45, 7) is 1.92. The molecule has 1 unspecified atom stereocenters. The molecule has 4 aromatic rings. The van der Waals surface area contributed by atoms with E-state index in [1.165, 1.54) is 10.6 Å². The van der Waals surface area contributed by atoms with Gasteiger partial charge in [-0.25, -0.2) is 4.39 Å². The molecule has 0 radical (unpaired) electrons. The zero-order chi connectivity index (χ0) is 31.3. The predicted molar refractivity (Wildman–Crippen MR) is 152 cm³/mol. The van der Waals surface area contributed by atoms with Crippen LogP contribution in [0.2, 0.25) is 5.02 Å². The molecule has 0 saturated heterocycles. The number of aliphatic carboxylic acids is 1. The molecule has 0 aliphatic heterocycles. The van der Waals surface area contributed by atoms with Gasteiger partial charge < -0.3 is 19.7 Å². The van der Waals surface area contributed by atoms with Crippen LogP contribution in [0.25, 0.3) is 16.6 Å². The highest BCUT2D eigenvalue weighted by molar-refractivity contribution is 6.31. The Bertz CT molecular complexity index is 1650. The van der Waals surface area contributed by atoms with Gasteiger partial charge in [0, 0.05) is 40.2 Å². The number of nitrogens with one attached hydrogen (secondary N) is 1. The zero-order valence-corrected chi connectivity index (χ0v) is 23.6. The van der Waals surface area contributed by atoms with Crippen molar-refractivity contribution in [2.45, 2.75) is 39.0 Å². The average molecular weight is 619 g/mol. The molecule has 0 spiro atoms. The van der Waals surface area contributed by atoms with E-state index in [9.17, 15) is 31.9 Å². The Morgan fingerprint density at radius 2 is 1.74 bits per heavy atom. The number of hydrogen-bond acceptors (Lipinski definition) is 4. The van der Waals surface area contributed by atoms with E-state index in [2.05, 4.69) is 10.1 Å². The van der Waals surface area contributed by atoms with Crippen molar-refractivity contribution in [3.63, 3.8) is 0 Å². The number of Topliss-reactive ketones (excluding diaryl/α,β-unsaturated/α-hetero) is 1. The molecule has 0 aliphatic carbocycles. The third kappa shape index (κ3) is 7.92. The summed E-state index contributed by atoms with van der Waals surface area (Å²) in [6, 6.07) is 16.1. The highest BCUT2D eigenvalue weighted by Gasteiger charge is 2.33. The third-order valence-electron chi connectivity index (χ3n) is 6.75. The first kappa shape index (κ1) is 31.6. The molecule has 0 fully saturated rings. The smallest absolute Gasteiger partial charge is 0.481 e. The highest BCUT2D eigenvalue weighted by Crippen LogP contribution is 2.33. The Labute approximate surface area is 249 Å². The van der Waals surface area contributed by atoms with E-state index in [1.54, 1.807) is 48.5 Å². The van der Waals surface area contributed by atoms with Gasteiger partial charge in [0.2, 0.25) is 0 Å². The summed E-state index contributed by atoms with van der Waals surface area (Å²) in [5.74, 6) is -4.47. The fraction of sp³-hybridized carbons (Fsp3) is 0.258. The van der Waals surface area contributed by atoms with Crippen molar-refractivity contribution in [3.8, 4) is 11.4 Å². The van der Waals surface area contributed by atoms with Crippen LogP contribution in [0.4, 0.5) is 17.6 Å². The Kier molecular flexibility index (Phi) is 9.75. The molecule has 43 heavy (non-hydrogen) atoms. The number of carbonyl (C=O) groups excluding carboxylic acids is 2. The van der Waals surface area contributed by atoms with Gasteiger partial charge in [-0.2, -0.15) is 0 Å². The molecule has 1 heterocycles. The van der Waals surface area contributed by atoms with Crippen LogP contribution < -0.4 is 10.1 Å². The van der Waals surface area contributed by atoms with Crippen LogP contribution >= 0.6 is 11.6 Å².